The lowest BCUT2D eigenvalue weighted by atomic mass is 10.2. The van der Waals surface area contributed by atoms with Gasteiger partial charge in [0.2, 0.25) is 5.91 Å². The van der Waals surface area contributed by atoms with Crippen molar-refractivity contribution < 1.29 is 9.00 Å². The molecule has 0 radical (unpaired) electrons. The lowest BCUT2D eigenvalue weighted by molar-refractivity contribution is -0.118. The molecule has 0 aliphatic carbocycles. The van der Waals surface area contributed by atoms with Crippen LogP contribution in [0.25, 0.3) is 0 Å². The fourth-order valence-corrected chi connectivity index (χ4v) is 2.50. The minimum atomic E-state index is -1.17. The molecule has 0 fully saturated rings. The van der Waals surface area contributed by atoms with Crippen LogP contribution in [0.4, 0.5) is 0 Å². The van der Waals surface area contributed by atoms with Gasteiger partial charge in [-0.25, -0.2) is 0 Å². The van der Waals surface area contributed by atoms with Crippen LogP contribution in [0.1, 0.15) is 11.1 Å². The first kappa shape index (κ1) is 13.9. The van der Waals surface area contributed by atoms with E-state index in [2.05, 4.69) is 5.32 Å². The van der Waals surface area contributed by atoms with Gasteiger partial charge >= 0.3 is 0 Å². The molecule has 17 heavy (non-hydrogen) atoms. The van der Waals surface area contributed by atoms with Gasteiger partial charge in [0, 0.05) is 29.6 Å². The summed E-state index contributed by atoms with van der Waals surface area (Å²) in [6, 6.07) is 7.81. The van der Waals surface area contributed by atoms with Crippen molar-refractivity contribution in [2.75, 3.05) is 18.8 Å². The number of nitrogens with one attached hydrogen (secondary N) is 1. The van der Waals surface area contributed by atoms with Gasteiger partial charge < -0.3 is 11.1 Å². The van der Waals surface area contributed by atoms with Gasteiger partial charge in [-0.15, -0.1) is 0 Å². The maximum absolute atomic E-state index is 11.7. The van der Waals surface area contributed by atoms with Crippen LogP contribution in [0.2, 0.25) is 0 Å². The molecule has 0 bridgehead atoms. The molecule has 0 aliphatic heterocycles. The lowest BCUT2D eigenvalue weighted by Crippen LogP contribution is -2.32. The Labute approximate surface area is 104 Å². The molecule has 0 saturated heterocycles. The summed E-state index contributed by atoms with van der Waals surface area (Å²) in [5.74, 6) is 0.243. The molecular weight excluding hydrogens is 236 g/mol. The summed E-state index contributed by atoms with van der Waals surface area (Å²) in [7, 11) is -1.17. The molecule has 5 heteroatoms. The predicted molar refractivity (Wildman–Crippen MR) is 70.0 cm³/mol. The zero-order valence-electron chi connectivity index (χ0n) is 9.94. The summed E-state index contributed by atoms with van der Waals surface area (Å²) < 4.78 is 11.7. The molecule has 4 nitrogen and oxygen atoms in total. The molecule has 0 aromatic heterocycles. The minimum Gasteiger partial charge on any atom is -0.354 e. The van der Waals surface area contributed by atoms with E-state index < -0.39 is 10.8 Å². The third kappa shape index (κ3) is 5.60. The van der Waals surface area contributed by atoms with Gasteiger partial charge in [0.05, 0.1) is 0 Å². The summed E-state index contributed by atoms with van der Waals surface area (Å²) in [5, 5.41) is 2.60. The van der Waals surface area contributed by atoms with E-state index in [9.17, 15) is 9.00 Å². The second-order valence-corrected chi connectivity index (χ2v) is 5.31. The van der Waals surface area contributed by atoms with E-state index in [1.54, 1.807) is 0 Å². The Kier molecular flexibility index (Phi) is 5.86. The third-order valence-corrected chi connectivity index (χ3v) is 3.41. The van der Waals surface area contributed by atoms with E-state index in [4.69, 9.17) is 5.73 Å². The van der Waals surface area contributed by atoms with E-state index in [1.807, 2.05) is 31.2 Å². The van der Waals surface area contributed by atoms with E-state index in [0.29, 0.717) is 18.8 Å². The molecule has 1 amide bonds. The molecule has 0 saturated carbocycles. The van der Waals surface area contributed by atoms with Crippen molar-refractivity contribution in [3.05, 3.63) is 35.4 Å². The van der Waals surface area contributed by atoms with Crippen LogP contribution in [0.3, 0.4) is 0 Å². The SMILES string of the molecule is Cc1cccc(CS(=O)CC(=O)NCCN)c1. The highest BCUT2D eigenvalue weighted by molar-refractivity contribution is 7.84. The topological polar surface area (TPSA) is 72.2 Å². The van der Waals surface area contributed by atoms with Gasteiger partial charge in [-0.1, -0.05) is 29.8 Å². The molecule has 3 N–H and O–H groups in total. The Balaban J connectivity index is 2.42. The average molecular weight is 254 g/mol. The number of aryl methyl sites for hydroxylation is 1. The van der Waals surface area contributed by atoms with E-state index in [1.165, 1.54) is 0 Å². The normalized spacial score (nSPS) is 12.1. The van der Waals surface area contributed by atoms with E-state index >= 15 is 0 Å². The highest BCUT2D eigenvalue weighted by Gasteiger charge is 2.08. The van der Waals surface area contributed by atoms with Crippen LogP contribution in [0, 0.1) is 6.92 Å². The molecule has 0 heterocycles. The predicted octanol–water partition coefficient (Wildman–Crippen LogP) is 0.319. The van der Waals surface area contributed by atoms with Crippen LogP contribution >= 0.6 is 0 Å². The molecule has 1 aromatic carbocycles. The van der Waals surface area contributed by atoms with Crippen molar-refractivity contribution in [1.82, 2.24) is 5.32 Å². The molecule has 1 aromatic rings. The van der Waals surface area contributed by atoms with Crippen LogP contribution in [-0.4, -0.2) is 29.0 Å². The zero-order valence-corrected chi connectivity index (χ0v) is 10.8. The van der Waals surface area contributed by atoms with Crippen LogP contribution in [-0.2, 0) is 21.3 Å². The maximum Gasteiger partial charge on any atom is 0.232 e. The van der Waals surface area contributed by atoms with Crippen molar-refractivity contribution in [2.24, 2.45) is 5.73 Å². The van der Waals surface area contributed by atoms with Gasteiger partial charge in [0.1, 0.15) is 5.75 Å². The van der Waals surface area contributed by atoms with E-state index in [0.717, 1.165) is 11.1 Å². The molecule has 1 rings (SSSR count). The van der Waals surface area contributed by atoms with Gasteiger partial charge in [-0.3, -0.25) is 9.00 Å². The average Bonchev–Trinajstić information content (AvgIpc) is 2.26. The van der Waals surface area contributed by atoms with Crippen molar-refractivity contribution in [3.8, 4) is 0 Å². The van der Waals surface area contributed by atoms with Crippen molar-refractivity contribution >= 4 is 16.7 Å². The minimum absolute atomic E-state index is 0.0357. The second kappa shape index (κ2) is 7.19. The Morgan fingerprint density at radius 2 is 2.24 bits per heavy atom. The first-order valence-corrected chi connectivity index (χ1v) is 6.98. The van der Waals surface area contributed by atoms with Crippen molar-refractivity contribution in [3.63, 3.8) is 0 Å². The summed E-state index contributed by atoms with van der Waals surface area (Å²) in [4.78, 5) is 11.3. The number of benzene rings is 1. The highest BCUT2D eigenvalue weighted by atomic mass is 32.2. The summed E-state index contributed by atoms with van der Waals surface area (Å²) in [5.41, 5.74) is 7.38. The molecular formula is C12H18N2O2S. The first-order chi connectivity index (χ1) is 8.11. The molecule has 0 spiro atoms. The van der Waals surface area contributed by atoms with Crippen LogP contribution in [0.5, 0.6) is 0 Å². The molecule has 1 unspecified atom stereocenters. The fraction of sp³-hybridized carbons (Fsp3) is 0.417. The maximum atomic E-state index is 11.7. The Morgan fingerprint density at radius 3 is 2.88 bits per heavy atom. The highest BCUT2D eigenvalue weighted by Crippen LogP contribution is 2.06. The number of nitrogens with two attached hydrogens (primary N) is 1. The number of carbonyl (C=O) groups excluding carboxylic acids is 1. The summed E-state index contributed by atoms with van der Waals surface area (Å²) in [6.45, 7) is 2.82. The Bertz CT molecular complexity index is 407. The van der Waals surface area contributed by atoms with Crippen LogP contribution < -0.4 is 11.1 Å². The van der Waals surface area contributed by atoms with E-state index in [-0.39, 0.29) is 11.7 Å². The quantitative estimate of drug-likeness (QED) is 0.768. The second-order valence-electron chi connectivity index (χ2n) is 3.86. The summed E-state index contributed by atoms with van der Waals surface area (Å²) >= 11 is 0. The largest absolute Gasteiger partial charge is 0.354 e. The van der Waals surface area contributed by atoms with Crippen molar-refractivity contribution in [1.29, 1.82) is 0 Å². The zero-order chi connectivity index (χ0) is 12.7. The van der Waals surface area contributed by atoms with Gasteiger partial charge in [-0.05, 0) is 12.5 Å². The fourth-order valence-electron chi connectivity index (χ4n) is 1.45. The molecule has 94 valence electrons. The number of carbonyl (C=O) groups is 1. The monoisotopic (exact) mass is 254 g/mol. The number of hydrogen-bond acceptors (Lipinski definition) is 3. The first-order valence-electron chi connectivity index (χ1n) is 5.49. The third-order valence-electron chi connectivity index (χ3n) is 2.17. The standard InChI is InChI=1S/C12H18N2O2S/c1-10-3-2-4-11(7-10)8-17(16)9-12(15)14-6-5-13/h2-4,7H,5-6,8-9,13H2,1H3,(H,14,15). The summed E-state index contributed by atoms with van der Waals surface area (Å²) in [6.07, 6.45) is 0. The number of hydrogen-bond donors (Lipinski definition) is 2. The Hall–Kier alpha value is -1.20. The van der Waals surface area contributed by atoms with Crippen LogP contribution in [0.15, 0.2) is 24.3 Å². The van der Waals surface area contributed by atoms with Crippen molar-refractivity contribution in [2.45, 2.75) is 12.7 Å². The van der Waals surface area contributed by atoms with Gasteiger partial charge in [0.25, 0.3) is 0 Å². The Morgan fingerprint density at radius 1 is 1.47 bits per heavy atom. The van der Waals surface area contributed by atoms with Gasteiger partial charge in [-0.2, -0.15) is 0 Å². The van der Waals surface area contributed by atoms with Gasteiger partial charge in [0.15, 0.2) is 0 Å². The lowest BCUT2D eigenvalue weighted by Gasteiger charge is -2.04. The smallest absolute Gasteiger partial charge is 0.232 e. The molecule has 1 atom stereocenters. The number of amides is 1. The molecule has 0 aliphatic rings. The number of rotatable bonds is 6.